The quantitative estimate of drug-likeness (QED) is 0.361. The summed E-state index contributed by atoms with van der Waals surface area (Å²) >= 11 is 0. The second kappa shape index (κ2) is 13.7. The number of aromatic nitrogens is 1. The number of alkyl halides is 3. The number of ether oxygens (including phenoxy) is 4. The Kier molecular flexibility index (Phi) is 11.6. The number of carboxylic acid groups (broad SMARTS) is 1. The molecule has 1 aromatic carbocycles. The third-order valence-electron chi connectivity index (χ3n) is 4.80. The van der Waals surface area contributed by atoms with Gasteiger partial charge in [-0.15, -0.1) is 0 Å². The van der Waals surface area contributed by atoms with Gasteiger partial charge >= 0.3 is 18.1 Å². The number of nitrogens with one attached hydrogen (secondary N) is 1. The van der Waals surface area contributed by atoms with Gasteiger partial charge < -0.3 is 39.1 Å². The van der Waals surface area contributed by atoms with Crippen molar-refractivity contribution in [3.63, 3.8) is 0 Å². The Morgan fingerprint density at radius 2 is 1.58 bits per heavy atom. The van der Waals surface area contributed by atoms with E-state index in [2.05, 4.69) is 4.98 Å². The number of H-pyrrole nitrogens is 1. The number of methoxy groups -OCH3 is 2. The number of quaternary nitrogens is 1. The van der Waals surface area contributed by atoms with Gasteiger partial charge in [-0.1, -0.05) is 6.92 Å². The molecule has 38 heavy (non-hydrogen) atoms. The van der Waals surface area contributed by atoms with Crippen LogP contribution in [0.2, 0.25) is 0 Å². The fourth-order valence-electron chi connectivity index (χ4n) is 3.26. The van der Waals surface area contributed by atoms with Crippen LogP contribution in [0.15, 0.2) is 18.2 Å². The maximum Gasteiger partial charge on any atom is 0.430 e. The van der Waals surface area contributed by atoms with Gasteiger partial charge in [0.05, 0.1) is 32.1 Å². The van der Waals surface area contributed by atoms with Crippen LogP contribution in [0, 0.1) is 0 Å². The molecule has 2 rings (SSSR count). The molecule has 0 amide bonds. The number of carbonyl (C=O) groups is 3. The number of aliphatic carboxylic acids is 1. The molecule has 212 valence electrons. The summed E-state index contributed by atoms with van der Waals surface area (Å²) < 4.78 is 53.0. The molecule has 0 aliphatic heterocycles. The van der Waals surface area contributed by atoms with E-state index in [9.17, 15) is 22.8 Å². The number of esters is 2. The predicted molar refractivity (Wildman–Crippen MR) is 127 cm³/mol. The fourth-order valence-corrected chi connectivity index (χ4v) is 3.26. The highest BCUT2D eigenvalue weighted by atomic mass is 19.4. The highest BCUT2D eigenvalue weighted by molar-refractivity contribution is 5.98. The SMILES string of the molecule is CCOC(=O)c1c(C[NH2+]c2ccc(OC)c(OC)c2)[nH]c(C(=O)OC(C)(C)C)c1CC.O=C([O-])C(F)(F)F. The first-order valence-electron chi connectivity index (χ1n) is 11.6. The Balaban J connectivity index is 0.000000905. The molecule has 2 aromatic rings. The highest BCUT2D eigenvalue weighted by Gasteiger charge is 2.30. The number of hydrogen-bond acceptors (Lipinski definition) is 8. The standard InChI is InChI=1S/C23H32N2O6.C2HF3O2/c1-8-15-19(21(26)30-9-2)16(25-20(15)22(27)31-23(3,4)5)13-24-14-10-11-17(28-6)18(12-14)29-7;3-2(4,5)1(6)7/h10-12,24-25H,8-9,13H2,1-7H3;(H,6,7). The Labute approximate surface area is 218 Å². The van der Waals surface area contributed by atoms with Crippen molar-refractivity contribution in [1.29, 1.82) is 0 Å². The normalized spacial score (nSPS) is 11.2. The Morgan fingerprint density at radius 3 is 2.03 bits per heavy atom. The maximum absolute atomic E-state index is 12.8. The molecule has 0 atom stereocenters. The van der Waals surface area contributed by atoms with Crippen LogP contribution in [-0.4, -0.2) is 55.5 Å². The monoisotopic (exact) mass is 546 g/mol. The van der Waals surface area contributed by atoms with Gasteiger partial charge in [-0.05, 0) is 45.7 Å². The van der Waals surface area contributed by atoms with Crippen molar-refractivity contribution in [2.24, 2.45) is 0 Å². The van der Waals surface area contributed by atoms with E-state index in [-0.39, 0.29) is 12.3 Å². The number of carbonyl (C=O) groups excluding carboxylic acids is 3. The molecule has 1 aromatic heterocycles. The van der Waals surface area contributed by atoms with Gasteiger partial charge in [0, 0.05) is 12.1 Å². The van der Waals surface area contributed by atoms with Crippen molar-refractivity contribution in [3.8, 4) is 11.5 Å². The van der Waals surface area contributed by atoms with E-state index in [1.165, 1.54) is 0 Å². The van der Waals surface area contributed by atoms with Crippen LogP contribution in [0.25, 0.3) is 0 Å². The van der Waals surface area contributed by atoms with E-state index in [0.717, 1.165) is 5.69 Å². The van der Waals surface area contributed by atoms with Gasteiger partial charge in [-0.25, -0.2) is 9.59 Å². The van der Waals surface area contributed by atoms with Gasteiger partial charge in [-0.3, -0.25) is 0 Å². The Bertz CT molecular complexity index is 1120. The Hall–Kier alpha value is -3.74. The summed E-state index contributed by atoms with van der Waals surface area (Å²) in [4.78, 5) is 37.4. The summed E-state index contributed by atoms with van der Waals surface area (Å²) in [6, 6.07) is 5.56. The Morgan fingerprint density at radius 1 is 1.00 bits per heavy atom. The molecular formula is C25H33F3N2O8. The van der Waals surface area contributed by atoms with Crippen LogP contribution < -0.4 is 19.9 Å². The molecule has 0 spiro atoms. The molecular weight excluding hydrogens is 513 g/mol. The van der Waals surface area contributed by atoms with Gasteiger partial charge in [-0.2, -0.15) is 13.2 Å². The molecule has 0 saturated heterocycles. The first kappa shape index (κ1) is 32.3. The molecule has 13 heteroatoms. The molecule has 0 saturated carbocycles. The van der Waals surface area contributed by atoms with Crippen molar-refractivity contribution >= 4 is 23.6 Å². The van der Waals surface area contributed by atoms with E-state index in [1.807, 2.05) is 30.4 Å². The first-order chi connectivity index (χ1) is 17.6. The second-order valence-corrected chi connectivity index (χ2v) is 8.72. The molecule has 0 fully saturated rings. The lowest BCUT2D eigenvalue weighted by Crippen LogP contribution is -2.76. The van der Waals surface area contributed by atoms with Crippen LogP contribution in [-0.2, 0) is 27.2 Å². The number of nitrogens with two attached hydrogens (primary N) is 1. The van der Waals surface area contributed by atoms with Crippen LogP contribution in [0.3, 0.4) is 0 Å². The zero-order valence-electron chi connectivity index (χ0n) is 22.3. The van der Waals surface area contributed by atoms with Gasteiger partial charge in [0.1, 0.15) is 29.5 Å². The minimum atomic E-state index is -5.19. The number of aromatic amines is 1. The summed E-state index contributed by atoms with van der Waals surface area (Å²) in [5.74, 6) is -2.72. The van der Waals surface area contributed by atoms with Crippen LogP contribution in [0.1, 0.15) is 66.7 Å². The molecule has 0 aliphatic rings. The molecule has 0 aliphatic carbocycles. The third kappa shape index (κ3) is 9.29. The number of benzene rings is 1. The summed E-state index contributed by atoms with van der Waals surface area (Å²) in [6.45, 7) is 9.68. The lowest BCUT2D eigenvalue weighted by Gasteiger charge is -2.19. The lowest BCUT2D eigenvalue weighted by atomic mass is 10.1. The van der Waals surface area contributed by atoms with Crippen molar-refractivity contribution in [2.45, 2.75) is 59.4 Å². The fraction of sp³-hybridized carbons (Fsp3) is 0.480. The van der Waals surface area contributed by atoms with Crippen molar-refractivity contribution in [2.75, 3.05) is 20.8 Å². The molecule has 0 bridgehead atoms. The minimum absolute atomic E-state index is 0.244. The first-order valence-corrected chi connectivity index (χ1v) is 11.6. The topological polar surface area (TPSA) is 144 Å². The van der Waals surface area contributed by atoms with E-state index in [4.69, 9.17) is 28.8 Å². The van der Waals surface area contributed by atoms with E-state index in [1.54, 1.807) is 41.9 Å². The van der Waals surface area contributed by atoms with E-state index >= 15 is 0 Å². The molecule has 1 heterocycles. The third-order valence-corrected chi connectivity index (χ3v) is 4.80. The van der Waals surface area contributed by atoms with Gasteiger partial charge in [0.25, 0.3) is 0 Å². The zero-order valence-corrected chi connectivity index (χ0v) is 22.3. The molecule has 3 N–H and O–H groups in total. The molecule has 0 radical (unpaired) electrons. The molecule has 0 unspecified atom stereocenters. The zero-order chi connectivity index (χ0) is 29.3. The average molecular weight is 547 g/mol. The van der Waals surface area contributed by atoms with Crippen LogP contribution in [0.4, 0.5) is 18.9 Å². The minimum Gasteiger partial charge on any atom is -0.542 e. The van der Waals surface area contributed by atoms with Crippen molar-refractivity contribution in [3.05, 3.63) is 40.7 Å². The van der Waals surface area contributed by atoms with Gasteiger partial charge in [0.2, 0.25) is 0 Å². The van der Waals surface area contributed by atoms with Crippen LogP contribution in [0.5, 0.6) is 11.5 Å². The number of halogens is 3. The summed E-state index contributed by atoms with van der Waals surface area (Å²) in [5.41, 5.74) is 2.12. The second-order valence-electron chi connectivity index (χ2n) is 8.72. The summed E-state index contributed by atoms with van der Waals surface area (Å²) in [5, 5.41) is 10.7. The lowest BCUT2D eigenvalue weighted by molar-refractivity contribution is -0.589. The number of hydrogen-bond donors (Lipinski definition) is 2. The molecule has 10 nitrogen and oxygen atoms in total. The number of carboxylic acids is 1. The maximum atomic E-state index is 12.8. The predicted octanol–water partition coefficient (Wildman–Crippen LogP) is 2.42. The number of rotatable bonds is 9. The largest absolute Gasteiger partial charge is 0.542 e. The highest BCUT2D eigenvalue weighted by Crippen LogP contribution is 2.28. The van der Waals surface area contributed by atoms with Gasteiger partial charge in [0.15, 0.2) is 11.5 Å². The van der Waals surface area contributed by atoms with Crippen molar-refractivity contribution < 1.29 is 56.9 Å². The summed E-state index contributed by atoms with van der Waals surface area (Å²) in [6.07, 6.45) is -4.71. The average Bonchev–Trinajstić information content (AvgIpc) is 3.20. The summed E-state index contributed by atoms with van der Waals surface area (Å²) in [7, 11) is 3.16. The van der Waals surface area contributed by atoms with Crippen molar-refractivity contribution in [1.82, 2.24) is 4.98 Å². The van der Waals surface area contributed by atoms with E-state index < -0.39 is 29.7 Å². The smallest absolute Gasteiger partial charge is 0.430 e. The van der Waals surface area contributed by atoms with E-state index in [0.29, 0.717) is 41.3 Å². The van der Waals surface area contributed by atoms with Crippen LogP contribution >= 0.6 is 0 Å².